The van der Waals surface area contributed by atoms with Crippen LogP contribution in [-0.2, 0) is 14.8 Å². The van der Waals surface area contributed by atoms with Crippen molar-refractivity contribution < 1.29 is 18.1 Å². The summed E-state index contributed by atoms with van der Waals surface area (Å²) in [7, 11) is -3.79. The second-order valence-corrected chi connectivity index (χ2v) is 9.17. The smallest absolute Gasteiger partial charge is 0.293 e. The Morgan fingerprint density at radius 2 is 1.50 bits per heavy atom. The van der Waals surface area contributed by atoms with Gasteiger partial charge in [-0.1, -0.05) is 18.2 Å². The molecule has 2 fully saturated rings. The van der Waals surface area contributed by atoms with Gasteiger partial charge in [0, 0.05) is 51.0 Å². The molecule has 0 aliphatic carbocycles. The number of hydrogen-bond donors (Lipinski definition) is 0. The van der Waals surface area contributed by atoms with Crippen molar-refractivity contribution in [3.8, 4) is 0 Å². The van der Waals surface area contributed by atoms with E-state index in [1.54, 1.807) is 6.07 Å². The van der Waals surface area contributed by atoms with E-state index in [0.29, 0.717) is 32.0 Å². The molecule has 10 heteroatoms. The maximum Gasteiger partial charge on any atom is 0.293 e. The number of sulfonamides is 1. The molecule has 160 valence electrons. The minimum Gasteiger partial charge on any atom is -0.379 e. The first-order valence-corrected chi connectivity index (χ1v) is 11.3. The van der Waals surface area contributed by atoms with Crippen LogP contribution in [0.15, 0.2) is 53.4 Å². The molecular formula is C20H24N4O5S. The predicted molar refractivity (Wildman–Crippen MR) is 114 cm³/mol. The van der Waals surface area contributed by atoms with Crippen LogP contribution >= 0.6 is 0 Å². The van der Waals surface area contributed by atoms with Crippen molar-refractivity contribution in [2.45, 2.75) is 4.90 Å². The van der Waals surface area contributed by atoms with Gasteiger partial charge in [-0.15, -0.1) is 0 Å². The zero-order chi connectivity index (χ0) is 21.1. The number of hydrogen-bond acceptors (Lipinski definition) is 7. The quantitative estimate of drug-likeness (QED) is 0.526. The van der Waals surface area contributed by atoms with Crippen LogP contribution in [0, 0.1) is 10.1 Å². The number of piperazine rings is 1. The molecule has 0 atom stereocenters. The lowest BCUT2D eigenvalue weighted by Gasteiger charge is -2.37. The van der Waals surface area contributed by atoms with Crippen LogP contribution in [0.1, 0.15) is 0 Å². The number of ether oxygens (including phenoxy) is 1. The highest BCUT2D eigenvalue weighted by Gasteiger charge is 2.30. The van der Waals surface area contributed by atoms with Gasteiger partial charge in [-0.3, -0.25) is 10.1 Å². The number of nitro benzene ring substituents is 1. The summed E-state index contributed by atoms with van der Waals surface area (Å²) in [5.74, 6) is 0. The third-order valence-electron chi connectivity index (χ3n) is 5.49. The molecule has 0 radical (unpaired) electrons. The van der Waals surface area contributed by atoms with Crippen molar-refractivity contribution in [3.05, 3.63) is 58.6 Å². The number of morpholine rings is 1. The Kier molecular flexibility index (Phi) is 5.89. The second kappa shape index (κ2) is 8.58. The Balaban J connectivity index is 1.55. The third kappa shape index (κ3) is 4.11. The molecule has 0 saturated carbocycles. The molecular weight excluding hydrogens is 408 g/mol. The zero-order valence-electron chi connectivity index (χ0n) is 16.5. The lowest BCUT2D eigenvalue weighted by atomic mass is 10.2. The lowest BCUT2D eigenvalue weighted by Crippen LogP contribution is -2.46. The maximum atomic E-state index is 12.9. The van der Waals surface area contributed by atoms with Crippen LogP contribution in [0.2, 0.25) is 0 Å². The first kappa shape index (κ1) is 20.6. The van der Waals surface area contributed by atoms with E-state index in [4.69, 9.17) is 4.74 Å². The summed E-state index contributed by atoms with van der Waals surface area (Å²) in [6.45, 7) is 3.84. The first-order valence-electron chi connectivity index (χ1n) is 9.88. The van der Waals surface area contributed by atoms with Gasteiger partial charge in [-0.25, -0.2) is 8.42 Å². The molecule has 0 bridgehead atoms. The molecule has 0 amide bonds. The minimum absolute atomic E-state index is 0.0530. The highest BCUT2D eigenvalue weighted by molar-refractivity contribution is 7.89. The number of nitro groups is 1. The van der Waals surface area contributed by atoms with Crippen molar-refractivity contribution in [2.24, 2.45) is 0 Å². The van der Waals surface area contributed by atoms with Crippen molar-refractivity contribution in [1.29, 1.82) is 0 Å². The third-order valence-corrected chi connectivity index (χ3v) is 7.39. The molecule has 4 rings (SSSR count). The van der Waals surface area contributed by atoms with E-state index in [1.807, 2.05) is 35.2 Å². The molecule has 2 aromatic carbocycles. The van der Waals surface area contributed by atoms with Crippen molar-refractivity contribution in [1.82, 2.24) is 4.31 Å². The van der Waals surface area contributed by atoms with E-state index >= 15 is 0 Å². The fourth-order valence-electron chi connectivity index (χ4n) is 3.86. The minimum atomic E-state index is -3.79. The van der Waals surface area contributed by atoms with Crippen molar-refractivity contribution in [3.63, 3.8) is 0 Å². The average molecular weight is 433 g/mol. The molecule has 0 spiro atoms. The van der Waals surface area contributed by atoms with Gasteiger partial charge in [-0.05, 0) is 24.3 Å². The van der Waals surface area contributed by atoms with Crippen LogP contribution < -0.4 is 9.80 Å². The summed E-state index contributed by atoms with van der Waals surface area (Å²) in [6, 6.07) is 14.2. The van der Waals surface area contributed by atoms with Crippen LogP contribution in [0.5, 0.6) is 0 Å². The summed E-state index contributed by atoms with van der Waals surface area (Å²) in [4.78, 5) is 15.4. The Labute approximate surface area is 175 Å². The number of rotatable bonds is 5. The summed E-state index contributed by atoms with van der Waals surface area (Å²) >= 11 is 0. The van der Waals surface area contributed by atoms with E-state index in [9.17, 15) is 18.5 Å². The van der Waals surface area contributed by atoms with E-state index < -0.39 is 14.9 Å². The van der Waals surface area contributed by atoms with Gasteiger partial charge < -0.3 is 14.5 Å². The molecule has 30 heavy (non-hydrogen) atoms. The Hall–Kier alpha value is -2.69. The summed E-state index contributed by atoms with van der Waals surface area (Å²) < 4.78 is 32.3. The van der Waals surface area contributed by atoms with Crippen LogP contribution in [0.4, 0.5) is 17.1 Å². The molecule has 2 aromatic rings. The molecule has 0 N–H and O–H groups in total. The highest BCUT2D eigenvalue weighted by atomic mass is 32.2. The lowest BCUT2D eigenvalue weighted by molar-refractivity contribution is -0.384. The number of anilines is 2. The molecule has 2 heterocycles. The molecule has 2 saturated heterocycles. The van der Waals surface area contributed by atoms with Gasteiger partial charge in [0.2, 0.25) is 10.0 Å². The molecule has 2 aliphatic heterocycles. The van der Waals surface area contributed by atoms with Crippen molar-refractivity contribution in [2.75, 3.05) is 62.3 Å². The van der Waals surface area contributed by atoms with E-state index in [-0.39, 0.29) is 23.7 Å². The Morgan fingerprint density at radius 3 is 2.13 bits per heavy atom. The standard InChI is InChI=1S/C20H24N4O5S/c25-24(26)20-16-18(30(27,28)23-12-14-29-15-13-23)6-7-19(20)22-10-8-21(9-11-22)17-4-2-1-3-5-17/h1-7,16H,8-15H2. The van der Waals surface area contributed by atoms with Gasteiger partial charge in [-0.2, -0.15) is 4.31 Å². The van der Waals surface area contributed by atoms with Gasteiger partial charge in [0.1, 0.15) is 5.69 Å². The second-order valence-electron chi connectivity index (χ2n) is 7.23. The summed E-state index contributed by atoms with van der Waals surface area (Å²) in [6.07, 6.45) is 0. The maximum absolute atomic E-state index is 12.9. The summed E-state index contributed by atoms with van der Waals surface area (Å²) in [5.41, 5.74) is 1.39. The Morgan fingerprint density at radius 1 is 0.867 bits per heavy atom. The Bertz CT molecular complexity index is 1000. The van der Waals surface area contributed by atoms with Crippen LogP contribution in [0.25, 0.3) is 0 Å². The highest BCUT2D eigenvalue weighted by Crippen LogP contribution is 2.33. The van der Waals surface area contributed by atoms with E-state index in [0.717, 1.165) is 18.8 Å². The van der Waals surface area contributed by atoms with Crippen LogP contribution in [0.3, 0.4) is 0 Å². The van der Waals surface area contributed by atoms with Gasteiger partial charge >= 0.3 is 0 Å². The predicted octanol–water partition coefficient (Wildman–Crippen LogP) is 1.94. The van der Waals surface area contributed by atoms with Gasteiger partial charge in [0.05, 0.1) is 23.0 Å². The van der Waals surface area contributed by atoms with Crippen LogP contribution in [-0.4, -0.2) is 70.1 Å². The van der Waals surface area contributed by atoms with E-state index in [2.05, 4.69) is 4.90 Å². The largest absolute Gasteiger partial charge is 0.379 e. The van der Waals surface area contributed by atoms with Crippen molar-refractivity contribution >= 4 is 27.1 Å². The summed E-state index contributed by atoms with van der Waals surface area (Å²) in [5, 5.41) is 11.7. The SMILES string of the molecule is O=[N+]([O-])c1cc(S(=O)(=O)N2CCOCC2)ccc1N1CCN(c2ccccc2)CC1. The van der Waals surface area contributed by atoms with Gasteiger partial charge in [0.25, 0.3) is 5.69 Å². The number of para-hydroxylation sites is 1. The zero-order valence-corrected chi connectivity index (χ0v) is 17.3. The molecule has 0 unspecified atom stereocenters. The fourth-order valence-corrected chi connectivity index (χ4v) is 5.29. The monoisotopic (exact) mass is 432 g/mol. The molecule has 2 aliphatic rings. The normalized spacial score (nSPS) is 18.4. The fraction of sp³-hybridized carbons (Fsp3) is 0.400. The van der Waals surface area contributed by atoms with Gasteiger partial charge in [0.15, 0.2) is 0 Å². The number of nitrogens with zero attached hydrogens (tertiary/aromatic N) is 4. The molecule has 0 aromatic heterocycles. The molecule has 9 nitrogen and oxygen atoms in total. The van der Waals surface area contributed by atoms with E-state index in [1.165, 1.54) is 16.4 Å². The average Bonchev–Trinajstić information content (AvgIpc) is 2.80. The number of benzene rings is 2. The first-order chi connectivity index (χ1) is 14.5. The topological polar surface area (TPSA) is 96.2 Å².